The minimum atomic E-state index is -0.334. The van der Waals surface area contributed by atoms with Gasteiger partial charge in [-0.05, 0) is 10.8 Å². The van der Waals surface area contributed by atoms with E-state index >= 15 is 0 Å². The molecule has 100 valence electrons. The highest BCUT2D eigenvalue weighted by Crippen LogP contribution is 2.36. The third-order valence-corrected chi connectivity index (χ3v) is 3.95. The third kappa shape index (κ3) is 3.96. The summed E-state index contributed by atoms with van der Waals surface area (Å²) in [6.07, 6.45) is -0.334. The Morgan fingerprint density at radius 1 is 1.35 bits per heavy atom. The molecule has 1 fully saturated rings. The van der Waals surface area contributed by atoms with E-state index in [0.717, 1.165) is 6.54 Å². The van der Waals surface area contributed by atoms with Gasteiger partial charge in [0.25, 0.3) is 0 Å². The van der Waals surface area contributed by atoms with Gasteiger partial charge in [0, 0.05) is 19.6 Å². The first-order valence-electron chi connectivity index (χ1n) is 6.34. The van der Waals surface area contributed by atoms with Gasteiger partial charge in [-0.1, -0.05) is 34.6 Å². The Labute approximate surface area is 104 Å². The Morgan fingerprint density at radius 2 is 2.00 bits per heavy atom. The van der Waals surface area contributed by atoms with Crippen LogP contribution < -0.4 is 10.6 Å². The van der Waals surface area contributed by atoms with E-state index in [1.54, 1.807) is 0 Å². The van der Waals surface area contributed by atoms with Crippen LogP contribution >= 0.6 is 0 Å². The summed E-state index contributed by atoms with van der Waals surface area (Å²) in [7, 11) is 0. The normalized spacial score (nSPS) is 22.3. The molecule has 1 rings (SSSR count). The summed E-state index contributed by atoms with van der Waals surface area (Å²) in [4.78, 5) is 11.9. The zero-order valence-electron chi connectivity index (χ0n) is 11.7. The molecule has 0 saturated carbocycles. The highest BCUT2D eigenvalue weighted by atomic mass is 16.5. The van der Waals surface area contributed by atoms with Gasteiger partial charge in [-0.25, -0.2) is 0 Å². The Bertz CT molecular complexity index is 263. The van der Waals surface area contributed by atoms with E-state index in [4.69, 9.17) is 4.74 Å². The summed E-state index contributed by atoms with van der Waals surface area (Å²) in [6, 6.07) is 0. The fourth-order valence-corrected chi connectivity index (χ4v) is 1.42. The van der Waals surface area contributed by atoms with Gasteiger partial charge in [0.05, 0.1) is 6.61 Å². The molecule has 0 spiro atoms. The van der Waals surface area contributed by atoms with Crippen molar-refractivity contribution in [2.75, 3.05) is 26.2 Å². The Hall–Kier alpha value is -0.610. The summed E-state index contributed by atoms with van der Waals surface area (Å²) in [5.41, 5.74) is 0.219. The van der Waals surface area contributed by atoms with Gasteiger partial charge in [-0.15, -0.1) is 0 Å². The van der Waals surface area contributed by atoms with Crippen LogP contribution in [0.3, 0.4) is 0 Å². The van der Waals surface area contributed by atoms with E-state index in [0.29, 0.717) is 19.7 Å². The zero-order valence-corrected chi connectivity index (χ0v) is 11.7. The molecule has 0 aromatic carbocycles. The fourth-order valence-electron chi connectivity index (χ4n) is 1.42. The lowest BCUT2D eigenvalue weighted by atomic mass is 9.69. The van der Waals surface area contributed by atoms with Crippen LogP contribution in [-0.4, -0.2) is 38.3 Å². The predicted octanol–water partition coefficient (Wildman–Crippen LogP) is 1.16. The summed E-state index contributed by atoms with van der Waals surface area (Å²) in [5, 5.41) is 6.15. The number of carbonyl (C=O) groups excluding carboxylic acids is 1. The molecule has 1 unspecified atom stereocenters. The molecule has 0 aromatic rings. The second kappa shape index (κ2) is 5.36. The lowest BCUT2D eigenvalue weighted by Gasteiger charge is -2.39. The average molecular weight is 242 g/mol. The molecule has 1 aliphatic rings. The molecule has 0 bridgehead atoms. The molecular formula is C13H26N2O2. The smallest absolute Gasteiger partial charge is 0.250 e. The van der Waals surface area contributed by atoms with Crippen molar-refractivity contribution < 1.29 is 9.53 Å². The van der Waals surface area contributed by atoms with Crippen LogP contribution in [-0.2, 0) is 9.53 Å². The largest absolute Gasteiger partial charge is 0.366 e. The molecule has 0 aliphatic carbocycles. The van der Waals surface area contributed by atoms with Gasteiger partial charge in [-0.2, -0.15) is 0 Å². The van der Waals surface area contributed by atoms with E-state index in [-0.39, 0.29) is 22.8 Å². The SMILES string of the molecule is CC(C)(C)C(C)(C)CNC(=O)C1CNCCO1. The van der Waals surface area contributed by atoms with E-state index in [1.807, 2.05) is 0 Å². The van der Waals surface area contributed by atoms with Crippen molar-refractivity contribution in [3.63, 3.8) is 0 Å². The minimum absolute atomic E-state index is 0.00507. The highest BCUT2D eigenvalue weighted by Gasteiger charge is 2.33. The quantitative estimate of drug-likeness (QED) is 0.781. The van der Waals surface area contributed by atoms with Crippen LogP contribution in [0.15, 0.2) is 0 Å². The van der Waals surface area contributed by atoms with E-state index in [9.17, 15) is 4.79 Å². The van der Waals surface area contributed by atoms with Gasteiger partial charge in [0.2, 0.25) is 5.91 Å². The zero-order chi connectivity index (χ0) is 13.1. The van der Waals surface area contributed by atoms with Crippen LogP contribution in [0.4, 0.5) is 0 Å². The van der Waals surface area contributed by atoms with Crippen LogP contribution in [0.25, 0.3) is 0 Å². The summed E-state index contributed by atoms with van der Waals surface area (Å²) in [5.74, 6) is -0.00507. The number of hydrogen-bond donors (Lipinski definition) is 2. The third-order valence-electron chi connectivity index (χ3n) is 3.95. The van der Waals surface area contributed by atoms with Crippen molar-refractivity contribution in [3.8, 4) is 0 Å². The number of nitrogens with one attached hydrogen (secondary N) is 2. The van der Waals surface area contributed by atoms with Crippen LogP contribution in [0.1, 0.15) is 34.6 Å². The van der Waals surface area contributed by atoms with Crippen molar-refractivity contribution in [1.82, 2.24) is 10.6 Å². The lowest BCUT2D eigenvalue weighted by Crippen LogP contribution is -2.50. The average Bonchev–Trinajstić information content (AvgIpc) is 2.25. The minimum Gasteiger partial charge on any atom is -0.366 e. The monoisotopic (exact) mass is 242 g/mol. The number of amides is 1. The van der Waals surface area contributed by atoms with Gasteiger partial charge in [0.15, 0.2) is 0 Å². The van der Waals surface area contributed by atoms with Crippen LogP contribution in [0.2, 0.25) is 0 Å². The van der Waals surface area contributed by atoms with Crippen molar-refractivity contribution in [3.05, 3.63) is 0 Å². The Balaban J connectivity index is 2.42. The molecule has 0 aromatic heterocycles. The Kier molecular flexibility index (Phi) is 4.55. The molecule has 1 aliphatic heterocycles. The van der Waals surface area contributed by atoms with E-state index in [2.05, 4.69) is 45.3 Å². The van der Waals surface area contributed by atoms with Crippen molar-refractivity contribution in [2.24, 2.45) is 10.8 Å². The standard InChI is InChI=1S/C13H26N2O2/c1-12(2,3)13(4,5)9-15-11(16)10-8-14-6-7-17-10/h10,14H,6-9H2,1-5H3,(H,15,16). The fraction of sp³-hybridized carbons (Fsp3) is 0.923. The van der Waals surface area contributed by atoms with Gasteiger partial charge in [-0.3, -0.25) is 4.79 Å². The van der Waals surface area contributed by atoms with Crippen LogP contribution in [0.5, 0.6) is 0 Å². The predicted molar refractivity (Wildman–Crippen MR) is 68.9 cm³/mol. The molecule has 4 heteroatoms. The first-order chi connectivity index (χ1) is 7.74. The van der Waals surface area contributed by atoms with E-state index in [1.165, 1.54) is 0 Å². The number of carbonyl (C=O) groups is 1. The van der Waals surface area contributed by atoms with Crippen LogP contribution in [0, 0.1) is 10.8 Å². The lowest BCUT2D eigenvalue weighted by molar-refractivity contribution is -0.135. The molecule has 4 nitrogen and oxygen atoms in total. The maximum Gasteiger partial charge on any atom is 0.250 e. The van der Waals surface area contributed by atoms with Crippen molar-refractivity contribution in [1.29, 1.82) is 0 Å². The maximum atomic E-state index is 11.9. The number of hydrogen-bond acceptors (Lipinski definition) is 3. The van der Waals surface area contributed by atoms with E-state index < -0.39 is 0 Å². The first kappa shape index (κ1) is 14.5. The van der Waals surface area contributed by atoms with Crippen molar-refractivity contribution >= 4 is 5.91 Å². The highest BCUT2D eigenvalue weighted by molar-refractivity contribution is 5.81. The summed E-state index contributed by atoms with van der Waals surface area (Å²) >= 11 is 0. The van der Waals surface area contributed by atoms with Gasteiger partial charge in [0.1, 0.15) is 6.10 Å². The number of ether oxygens (including phenoxy) is 1. The second-order valence-corrected chi connectivity index (χ2v) is 6.42. The topological polar surface area (TPSA) is 50.4 Å². The van der Waals surface area contributed by atoms with Crippen molar-refractivity contribution in [2.45, 2.75) is 40.7 Å². The molecule has 2 N–H and O–H groups in total. The Morgan fingerprint density at radius 3 is 2.47 bits per heavy atom. The molecule has 1 atom stereocenters. The van der Waals surface area contributed by atoms with Gasteiger partial charge >= 0.3 is 0 Å². The summed E-state index contributed by atoms with van der Waals surface area (Å²) < 4.78 is 5.42. The maximum absolute atomic E-state index is 11.9. The molecule has 0 radical (unpaired) electrons. The molecular weight excluding hydrogens is 216 g/mol. The molecule has 17 heavy (non-hydrogen) atoms. The second-order valence-electron chi connectivity index (χ2n) is 6.42. The molecule has 1 saturated heterocycles. The first-order valence-corrected chi connectivity index (χ1v) is 6.34. The summed E-state index contributed by atoms with van der Waals surface area (Å²) in [6.45, 7) is 13.7. The number of rotatable bonds is 3. The number of morpholine rings is 1. The molecule has 1 heterocycles. The molecule has 1 amide bonds. The van der Waals surface area contributed by atoms with Gasteiger partial charge < -0.3 is 15.4 Å².